The molecule has 2 saturated carbocycles. The monoisotopic (exact) mass is 308 g/mol. The van der Waals surface area contributed by atoms with E-state index in [4.69, 9.17) is 0 Å². The van der Waals surface area contributed by atoms with Gasteiger partial charge in [0.2, 0.25) is 0 Å². The van der Waals surface area contributed by atoms with E-state index in [2.05, 4.69) is 27.4 Å². The summed E-state index contributed by atoms with van der Waals surface area (Å²) in [5.74, 6) is 0.928. The van der Waals surface area contributed by atoms with Crippen molar-refractivity contribution in [3.63, 3.8) is 0 Å². The molecule has 2 heteroatoms. The zero-order valence-corrected chi connectivity index (χ0v) is 15.3. The zero-order valence-electron chi connectivity index (χ0n) is 15.3. The Labute approximate surface area is 137 Å². The minimum absolute atomic E-state index is 0.181. The topological polar surface area (TPSA) is 40.5 Å². The summed E-state index contributed by atoms with van der Waals surface area (Å²) in [4.78, 5) is 0. The van der Waals surface area contributed by atoms with Crippen LogP contribution in [0.2, 0.25) is 0 Å². The highest BCUT2D eigenvalue weighted by atomic mass is 16.3. The van der Waals surface area contributed by atoms with E-state index in [0.717, 1.165) is 19.3 Å². The molecule has 0 heterocycles. The molecule has 2 aliphatic rings. The Kier molecular flexibility index (Phi) is 4.61. The van der Waals surface area contributed by atoms with E-state index in [9.17, 15) is 10.2 Å². The maximum atomic E-state index is 11.1. The summed E-state index contributed by atoms with van der Waals surface area (Å²) in [6, 6.07) is 0. The SMILES string of the molecule is C=CC(C)(O)CC[C@@H]1[C@@]2(C)CCCC(C)(C)[C@@H]2CC[C@]1(C)O. The second kappa shape index (κ2) is 5.63. The smallest absolute Gasteiger partial charge is 0.0797 e. The Morgan fingerprint density at radius 2 is 1.82 bits per heavy atom. The van der Waals surface area contributed by atoms with Crippen molar-refractivity contribution in [3.8, 4) is 0 Å². The largest absolute Gasteiger partial charge is 0.390 e. The first-order valence-corrected chi connectivity index (χ1v) is 9.03. The Hall–Kier alpha value is -0.340. The Morgan fingerprint density at radius 3 is 2.41 bits per heavy atom. The Balaban J connectivity index is 2.28. The molecule has 2 nitrogen and oxygen atoms in total. The summed E-state index contributed by atoms with van der Waals surface area (Å²) in [6.07, 6.45) is 8.96. The van der Waals surface area contributed by atoms with Gasteiger partial charge >= 0.3 is 0 Å². The molecule has 2 aliphatic carbocycles. The van der Waals surface area contributed by atoms with Crippen LogP contribution in [0.15, 0.2) is 12.7 Å². The second-order valence-electron chi connectivity index (χ2n) is 9.45. The maximum absolute atomic E-state index is 11.1. The molecule has 2 rings (SSSR count). The van der Waals surface area contributed by atoms with Gasteiger partial charge in [-0.25, -0.2) is 0 Å². The predicted molar refractivity (Wildman–Crippen MR) is 92.6 cm³/mol. The van der Waals surface area contributed by atoms with Gasteiger partial charge in [0.15, 0.2) is 0 Å². The molecule has 0 bridgehead atoms. The fourth-order valence-corrected chi connectivity index (χ4v) is 5.80. The second-order valence-corrected chi connectivity index (χ2v) is 9.45. The Morgan fingerprint density at radius 1 is 1.18 bits per heavy atom. The zero-order chi connectivity index (χ0) is 16.8. The van der Waals surface area contributed by atoms with E-state index in [-0.39, 0.29) is 11.3 Å². The fourth-order valence-electron chi connectivity index (χ4n) is 5.80. The first kappa shape index (κ1) is 18.0. The molecular formula is C20H36O2. The molecular weight excluding hydrogens is 272 g/mol. The van der Waals surface area contributed by atoms with Crippen LogP contribution in [0.1, 0.15) is 79.6 Å². The Bertz CT molecular complexity index is 421. The van der Waals surface area contributed by atoms with Crippen molar-refractivity contribution in [2.75, 3.05) is 0 Å². The maximum Gasteiger partial charge on any atom is 0.0797 e. The fraction of sp³-hybridized carbons (Fsp3) is 0.900. The quantitative estimate of drug-likeness (QED) is 0.739. The number of hydrogen-bond acceptors (Lipinski definition) is 2. The van der Waals surface area contributed by atoms with Crippen molar-refractivity contribution >= 4 is 0 Å². The summed E-state index contributed by atoms with van der Waals surface area (Å²) in [5.41, 5.74) is -0.900. The lowest BCUT2D eigenvalue weighted by Gasteiger charge is -2.61. The number of fused-ring (bicyclic) bond motifs is 1. The van der Waals surface area contributed by atoms with Gasteiger partial charge in [-0.1, -0.05) is 33.3 Å². The van der Waals surface area contributed by atoms with Crippen LogP contribution in [0.4, 0.5) is 0 Å². The molecule has 22 heavy (non-hydrogen) atoms. The predicted octanol–water partition coefficient (Wildman–Crippen LogP) is 4.70. The van der Waals surface area contributed by atoms with Crippen molar-refractivity contribution in [2.24, 2.45) is 22.7 Å². The van der Waals surface area contributed by atoms with E-state index < -0.39 is 11.2 Å². The lowest BCUT2D eigenvalue weighted by Crippen LogP contribution is -2.57. The summed E-state index contributed by atoms with van der Waals surface area (Å²) in [5, 5.41) is 21.4. The first-order chi connectivity index (χ1) is 9.95. The van der Waals surface area contributed by atoms with Gasteiger partial charge in [0.05, 0.1) is 11.2 Å². The van der Waals surface area contributed by atoms with Crippen LogP contribution in [-0.4, -0.2) is 21.4 Å². The molecule has 0 amide bonds. The number of hydrogen-bond donors (Lipinski definition) is 2. The molecule has 0 aromatic heterocycles. The molecule has 0 aromatic rings. The van der Waals surface area contributed by atoms with Crippen LogP contribution in [-0.2, 0) is 0 Å². The van der Waals surface area contributed by atoms with Crippen molar-refractivity contribution in [1.82, 2.24) is 0 Å². The third-order valence-electron chi connectivity index (χ3n) is 7.14. The van der Waals surface area contributed by atoms with Crippen molar-refractivity contribution in [2.45, 2.75) is 90.8 Å². The van der Waals surface area contributed by atoms with Gasteiger partial charge < -0.3 is 10.2 Å². The van der Waals surface area contributed by atoms with Gasteiger partial charge in [0, 0.05) is 0 Å². The lowest BCUT2D eigenvalue weighted by atomic mass is 9.45. The van der Waals surface area contributed by atoms with Gasteiger partial charge in [0.25, 0.3) is 0 Å². The van der Waals surface area contributed by atoms with Gasteiger partial charge in [0.1, 0.15) is 0 Å². The van der Waals surface area contributed by atoms with Crippen molar-refractivity contribution < 1.29 is 10.2 Å². The van der Waals surface area contributed by atoms with Crippen LogP contribution in [0.25, 0.3) is 0 Å². The van der Waals surface area contributed by atoms with Crippen LogP contribution in [0.3, 0.4) is 0 Å². The van der Waals surface area contributed by atoms with E-state index >= 15 is 0 Å². The average molecular weight is 309 g/mol. The first-order valence-electron chi connectivity index (χ1n) is 9.03. The molecule has 0 saturated heterocycles. The van der Waals surface area contributed by atoms with Crippen LogP contribution < -0.4 is 0 Å². The van der Waals surface area contributed by atoms with Crippen molar-refractivity contribution in [1.29, 1.82) is 0 Å². The number of aliphatic hydroxyl groups is 2. The summed E-state index contributed by atoms with van der Waals surface area (Å²) < 4.78 is 0. The molecule has 0 aliphatic heterocycles. The average Bonchev–Trinajstić information content (AvgIpc) is 2.35. The van der Waals surface area contributed by atoms with Crippen LogP contribution >= 0.6 is 0 Å². The number of rotatable bonds is 4. The molecule has 0 aromatic carbocycles. The molecule has 2 N–H and O–H groups in total. The molecule has 0 radical (unpaired) electrons. The van der Waals surface area contributed by atoms with Gasteiger partial charge in [-0.2, -0.15) is 0 Å². The normalized spacial score (nSPS) is 44.0. The summed E-state index contributed by atoms with van der Waals surface area (Å²) in [6.45, 7) is 14.8. The van der Waals surface area contributed by atoms with Gasteiger partial charge in [-0.15, -0.1) is 6.58 Å². The molecule has 128 valence electrons. The van der Waals surface area contributed by atoms with Gasteiger partial charge in [-0.05, 0) is 75.0 Å². The third kappa shape index (κ3) is 3.14. The van der Waals surface area contributed by atoms with Gasteiger partial charge in [-0.3, -0.25) is 0 Å². The highest BCUT2D eigenvalue weighted by Crippen LogP contribution is 2.63. The van der Waals surface area contributed by atoms with E-state index in [0.29, 0.717) is 17.8 Å². The summed E-state index contributed by atoms with van der Waals surface area (Å²) >= 11 is 0. The molecule has 0 spiro atoms. The minimum atomic E-state index is -0.830. The standard InChI is InChI=1S/C20H36O2/c1-7-18(4,21)13-9-16-19(5)12-8-11-17(2,3)15(19)10-14-20(16,6)22/h7,15-16,21-22H,1,8-14H2,2-6H3/t15-,16+,18?,19-,20-/m0/s1. The highest BCUT2D eigenvalue weighted by Gasteiger charge is 2.57. The van der Waals surface area contributed by atoms with Crippen LogP contribution in [0, 0.1) is 22.7 Å². The third-order valence-corrected chi connectivity index (χ3v) is 7.14. The summed E-state index contributed by atoms with van der Waals surface area (Å²) in [7, 11) is 0. The van der Waals surface area contributed by atoms with E-state index in [1.54, 1.807) is 6.08 Å². The molecule has 1 unspecified atom stereocenters. The van der Waals surface area contributed by atoms with Crippen molar-refractivity contribution in [3.05, 3.63) is 12.7 Å². The lowest BCUT2D eigenvalue weighted by molar-refractivity contribution is -0.171. The highest BCUT2D eigenvalue weighted by molar-refractivity contribution is 5.08. The van der Waals surface area contributed by atoms with E-state index in [1.165, 1.54) is 19.3 Å². The molecule has 5 atom stereocenters. The molecule has 2 fully saturated rings. The van der Waals surface area contributed by atoms with Crippen LogP contribution in [0.5, 0.6) is 0 Å². The minimum Gasteiger partial charge on any atom is -0.390 e. The van der Waals surface area contributed by atoms with E-state index in [1.807, 2.05) is 13.8 Å².